The largest absolute Gasteiger partial charge is 0.508 e. The van der Waals surface area contributed by atoms with Gasteiger partial charge in [-0.1, -0.05) is 19.3 Å². The van der Waals surface area contributed by atoms with Crippen LogP contribution in [0.2, 0.25) is 0 Å². The highest BCUT2D eigenvalue weighted by Crippen LogP contribution is 2.37. The van der Waals surface area contributed by atoms with Crippen molar-refractivity contribution in [3.63, 3.8) is 0 Å². The van der Waals surface area contributed by atoms with Gasteiger partial charge < -0.3 is 10.0 Å². The van der Waals surface area contributed by atoms with Crippen molar-refractivity contribution in [2.75, 3.05) is 19.6 Å². The van der Waals surface area contributed by atoms with E-state index >= 15 is 0 Å². The second-order valence-corrected chi connectivity index (χ2v) is 7.19. The lowest BCUT2D eigenvalue weighted by Gasteiger charge is -2.26. The number of piperidine rings is 1. The Kier molecular flexibility index (Phi) is 5.67. The average molecular weight is 350 g/mol. The molecule has 2 heterocycles. The maximum absolute atomic E-state index is 9.89. The van der Waals surface area contributed by atoms with Gasteiger partial charge in [-0.15, -0.1) is 12.4 Å². The number of hydrogen-bond acceptors (Lipinski definition) is 3. The summed E-state index contributed by atoms with van der Waals surface area (Å²) in [4.78, 5) is 2.55. The van der Waals surface area contributed by atoms with E-state index in [0.29, 0.717) is 11.7 Å². The van der Waals surface area contributed by atoms with Gasteiger partial charge in [-0.3, -0.25) is 4.68 Å². The molecule has 0 bridgehead atoms. The maximum atomic E-state index is 9.89. The van der Waals surface area contributed by atoms with Crippen molar-refractivity contribution in [1.82, 2.24) is 14.7 Å². The number of aromatic hydroxyl groups is 1. The maximum Gasteiger partial charge on any atom is 0.117 e. The van der Waals surface area contributed by atoms with Gasteiger partial charge in [-0.2, -0.15) is 5.10 Å². The SMILES string of the molecule is Cl.Oc1ccc2c(C3CCCC3)nn(CCN3CCCCC3)c2c1. The molecule has 24 heavy (non-hydrogen) atoms. The highest BCUT2D eigenvalue weighted by molar-refractivity contribution is 5.85. The minimum Gasteiger partial charge on any atom is -0.508 e. The van der Waals surface area contributed by atoms with Crippen LogP contribution in [-0.4, -0.2) is 39.4 Å². The number of hydrogen-bond donors (Lipinski definition) is 1. The summed E-state index contributed by atoms with van der Waals surface area (Å²) < 4.78 is 2.14. The van der Waals surface area contributed by atoms with Crippen molar-refractivity contribution in [2.24, 2.45) is 0 Å². The molecule has 0 radical (unpaired) electrons. The normalized spacial score (nSPS) is 19.7. The van der Waals surface area contributed by atoms with Crippen LogP contribution in [-0.2, 0) is 6.54 Å². The number of phenols is 1. The van der Waals surface area contributed by atoms with E-state index < -0.39 is 0 Å². The van der Waals surface area contributed by atoms with Gasteiger partial charge in [0, 0.05) is 23.9 Å². The smallest absolute Gasteiger partial charge is 0.117 e. The number of rotatable bonds is 4. The van der Waals surface area contributed by atoms with E-state index in [1.165, 1.54) is 69.1 Å². The third-order valence-electron chi connectivity index (χ3n) is 5.58. The minimum atomic E-state index is 0. The fourth-order valence-electron chi connectivity index (χ4n) is 4.28. The third kappa shape index (κ3) is 3.55. The lowest BCUT2D eigenvalue weighted by Crippen LogP contribution is -2.32. The zero-order valence-corrected chi connectivity index (χ0v) is 15.1. The summed E-state index contributed by atoms with van der Waals surface area (Å²) in [5.41, 5.74) is 2.36. The summed E-state index contributed by atoms with van der Waals surface area (Å²) in [6.07, 6.45) is 9.21. The zero-order chi connectivity index (χ0) is 15.6. The van der Waals surface area contributed by atoms with Crippen LogP contribution < -0.4 is 0 Å². The van der Waals surface area contributed by atoms with Gasteiger partial charge in [0.15, 0.2) is 0 Å². The molecule has 0 atom stereocenters. The van der Waals surface area contributed by atoms with Gasteiger partial charge in [0.2, 0.25) is 0 Å². The van der Waals surface area contributed by atoms with Crippen LogP contribution >= 0.6 is 12.4 Å². The molecule has 1 aromatic carbocycles. The molecule has 5 heteroatoms. The van der Waals surface area contributed by atoms with Crippen molar-refractivity contribution in [2.45, 2.75) is 57.4 Å². The second-order valence-electron chi connectivity index (χ2n) is 7.19. The van der Waals surface area contributed by atoms with Gasteiger partial charge in [-0.05, 0) is 50.9 Å². The number of fused-ring (bicyclic) bond motifs is 1. The Labute approximate surface area is 150 Å². The Hall–Kier alpha value is -1.26. The summed E-state index contributed by atoms with van der Waals surface area (Å²) in [6.45, 7) is 4.43. The minimum absolute atomic E-state index is 0. The lowest BCUT2D eigenvalue weighted by molar-refractivity contribution is 0.218. The number of halogens is 1. The molecule has 0 spiro atoms. The van der Waals surface area contributed by atoms with E-state index in [0.717, 1.165) is 18.6 Å². The number of nitrogens with zero attached hydrogens (tertiary/aromatic N) is 3. The Morgan fingerprint density at radius 2 is 1.75 bits per heavy atom. The summed E-state index contributed by atoms with van der Waals surface area (Å²) in [7, 11) is 0. The summed E-state index contributed by atoms with van der Waals surface area (Å²) >= 11 is 0. The number of phenolic OH excluding ortho intramolecular Hbond substituents is 1. The van der Waals surface area contributed by atoms with Crippen LogP contribution in [0, 0.1) is 0 Å². The molecule has 1 aliphatic heterocycles. The standard InChI is InChI=1S/C19H27N3O.ClH/c23-16-8-9-17-18(14-16)22(13-12-21-10-4-1-5-11-21)20-19(17)15-6-2-3-7-15;/h8-9,14-15,23H,1-7,10-13H2;1H. The molecule has 1 saturated heterocycles. The first kappa shape index (κ1) is 17.6. The molecular weight excluding hydrogens is 322 g/mol. The van der Waals surface area contributed by atoms with Crippen molar-refractivity contribution >= 4 is 23.3 Å². The third-order valence-corrected chi connectivity index (χ3v) is 5.58. The molecule has 1 saturated carbocycles. The summed E-state index contributed by atoms with van der Waals surface area (Å²) in [6, 6.07) is 5.75. The van der Waals surface area contributed by atoms with Gasteiger partial charge in [0.05, 0.1) is 17.8 Å². The number of likely N-dealkylation sites (tertiary alicyclic amines) is 1. The molecule has 132 valence electrons. The molecule has 2 aliphatic rings. The Morgan fingerprint density at radius 1 is 1.00 bits per heavy atom. The van der Waals surface area contributed by atoms with Gasteiger partial charge in [0.25, 0.3) is 0 Å². The predicted octanol–water partition coefficient (Wildman–Crippen LogP) is 4.31. The average Bonchev–Trinajstić information content (AvgIpc) is 3.21. The second kappa shape index (κ2) is 7.75. The topological polar surface area (TPSA) is 41.3 Å². The van der Waals surface area contributed by atoms with Gasteiger partial charge >= 0.3 is 0 Å². The first-order valence-electron chi connectivity index (χ1n) is 9.23. The number of benzene rings is 1. The molecule has 2 aromatic rings. The zero-order valence-electron chi connectivity index (χ0n) is 14.3. The Balaban J connectivity index is 0.00000169. The highest BCUT2D eigenvalue weighted by Gasteiger charge is 2.23. The predicted molar refractivity (Wildman–Crippen MR) is 100 cm³/mol. The first-order valence-corrected chi connectivity index (χ1v) is 9.23. The van der Waals surface area contributed by atoms with Crippen LogP contribution in [0.25, 0.3) is 10.9 Å². The highest BCUT2D eigenvalue weighted by atomic mass is 35.5. The molecule has 4 rings (SSSR count). The quantitative estimate of drug-likeness (QED) is 0.894. The van der Waals surface area contributed by atoms with Crippen LogP contribution in [0.5, 0.6) is 5.75 Å². The van der Waals surface area contributed by atoms with Crippen molar-refractivity contribution in [3.8, 4) is 5.75 Å². The van der Waals surface area contributed by atoms with E-state index in [-0.39, 0.29) is 12.4 Å². The molecule has 1 aliphatic carbocycles. The van der Waals surface area contributed by atoms with Crippen LogP contribution in [0.4, 0.5) is 0 Å². The fourth-order valence-corrected chi connectivity index (χ4v) is 4.28. The van der Waals surface area contributed by atoms with Crippen LogP contribution in [0.3, 0.4) is 0 Å². The van der Waals surface area contributed by atoms with E-state index in [1.54, 1.807) is 6.07 Å². The molecule has 1 N–H and O–H groups in total. The van der Waals surface area contributed by atoms with E-state index in [1.807, 2.05) is 6.07 Å². The van der Waals surface area contributed by atoms with Crippen LogP contribution in [0.15, 0.2) is 18.2 Å². The fraction of sp³-hybridized carbons (Fsp3) is 0.632. The summed E-state index contributed by atoms with van der Waals surface area (Å²) in [5.74, 6) is 0.952. The molecule has 0 amide bonds. The van der Waals surface area contributed by atoms with Crippen molar-refractivity contribution in [3.05, 3.63) is 23.9 Å². The molecule has 2 fully saturated rings. The van der Waals surface area contributed by atoms with Gasteiger partial charge in [-0.25, -0.2) is 0 Å². The van der Waals surface area contributed by atoms with Crippen molar-refractivity contribution < 1.29 is 5.11 Å². The van der Waals surface area contributed by atoms with Crippen molar-refractivity contribution in [1.29, 1.82) is 0 Å². The van der Waals surface area contributed by atoms with Crippen LogP contribution in [0.1, 0.15) is 56.6 Å². The van der Waals surface area contributed by atoms with E-state index in [9.17, 15) is 5.11 Å². The first-order chi connectivity index (χ1) is 11.3. The molecule has 1 aromatic heterocycles. The summed E-state index contributed by atoms with van der Waals surface area (Å²) in [5, 5.41) is 16.1. The Bertz CT molecular complexity index is 673. The Morgan fingerprint density at radius 3 is 2.50 bits per heavy atom. The van der Waals surface area contributed by atoms with Gasteiger partial charge in [0.1, 0.15) is 5.75 Å². The van der Waals surface area contributed by atoms with E-state index in [4.69, 9.17) is 5.10 Å². The molecular formula is C19H28ClN3O. The lowest BCUT2D eigenvalue weighted by atomic mass is 10.0. The molecule has 0 unspecified atom stereocenters. The monoisotopic (exact) mass is 349 g/mol. The number of aromatic nitrogens is 2. The van der Waals surface area contributed by atoms with E-state index in [2.05, 4.69) is 15.6 Å². The molecule has 4 nitrogen and oxygen atoms in total.